The van der Waals surface area contributed by atoms with Gasteiger partial charge in [-0.1, -0.05) is 13.0 Å². The molecular formula is C19H26N4O. The van der Waals surface area contributed by atoms with E-state index in [1.54, 1.807) is 6.20 Å². The summed E-state index contributed by atoms with van der Waals surface area (Å²) in [4.78, 5) is 23.3. The van der Waals surface area contributed by atoms with Crippen LogP contribution in [0.5, 0.6) is 0 Å². The van der Waals surface area contributed by atoms with Crippen molar-refractivity contribution in [3.05, 3.63) is 47.8 Å². The van der Waals surface area contributed by atoms with E-state index in [2.05, 4.69) is 29.0 Å². The molecule has 128 valence electrons. The number of pyridine rings is 1. The number of nitrogens with zero attached hydrogens (tertiary/aromatic N) is 4. The Labute approximate surface area is 143 Å². The molecule has 0 aromatic carbocycles. The second-order valence-electron chi connectivity index (χ2n) is 6.68. The maximum atomic E-state index is 12.6. The van der Waals surface area contributed by atoms with Crippen molar-refractivity contribution in [2.45, 2.75) is 46.1 Å². The first-order valence-corrected chi connectivity index (χ1v) is 8.85. The normalized spacial score (nSPS) is 17.9. The Morgan fingerprint density at radius 1 is 1.33 bits per heavy atom. The molecule has 5 nitrogen and oxygen atoms in total. The molecule has 24 heavy (non-hydrogen) atoms. The van der Waals surface area contributed by atoms with Gasteiger partial charge in [-0.3, -0.25) is 9.78 Å². The van der Waals surface area contributed by atoms with Gasteiger partial charge in [0.1, 0.15) is 12.4 Å². The largest absolute Gasteiger partial charge is 0.341 e. The lowest BCUT2D eigenvalue weighted by atomic mass is 9.92. The van der Waals surface area contributed by atoms with Crippen molar-refractivity contribution >= 4 is 5.91 Å². The summed E-state index contributed by atoms with van der Waals surface area (Å²) in [7, 11) is 0. The summed E-state index contributed by atoms with van der Waals surface area (Å²) in [6.07, 6.45) is 9.76. The van der Waals surface area contributed by atoms with E-state index in [-0.39, 0.29) is 5.91 Å². The SMILES string of the molecule is CCc1nccn1CC(=O)N1CCCC(Cc2ccc(C)nc2)C1. The molecule has 1 atom stereocenters. The predicted molar refractivity (Wildman–Crippen MR) is 93.6 cm³/mol. The van der Waals surface area contributed by atoms with Crippen molar-refractivity contribution in [1.82, 2.24) is 19.4 Å². The fourth-order valence-corrected chi connectivity index (χ4v) is 3.45. The third-order valence-electron chi connectivity index (χ3n) is 4.79. The van der Waals surface area contributed by atoms with Crippen molar-refractivity contribution in [1.29, 1.82) is 0 Å². The molecule has 3 rings (SSSR count). The first kappa shape index (κ1) is 16.7. The van der Waals surface area contributed by atoms with Crippen LogP contribution >= 0.6 is 0 Å². The van der Waals surface area contributed by atoms with E-state index in [4.69, 9.17) is 0 Å². The molecule has 0 bridgehead atoms. The lowest BCUT2D eigenvalue weighted by Gasteiger charge is -2.33. The van der Waals surface area contributed by atoms with Gasteiger partial charge in [-0.05, 0) is 43.7 Å². The summed E-state index contributed by atoms with van der Waals surface area (Å²) in [5.41, 5.74) is 2.31. The minimum absolute atomic E-state index is 0.203. The van der Waals surface area contributed by atoms with E-state index in [9.17, 15) is 4.79 Å². The van der Waals surface area contributed by atoms with Crippen LogP contribution in [-0.4, -0.2) is 38.4 Å². The molecule has 0 radical (unpaired) electrons. The maximum absolute atomic E-state index is 12.6. The van der Waals surface area contributed by atoms with Crippen LogP contribution in [0.4, 0.5) is 0 Å². The van der Waals surface area contributed by atoms with Gasteiger partial charge in [0.05, 0.1) is 0 Å². The van der Waals surface area contributed by atoms with Crippen molar-refractivity contribution in [3.63, 3.8) is 0 Å². The lowest BCUT2D eigenvalue weighted by Crippen LogP contribution is -2.42. The standard InChI is InChI=1S/C19H26N4O/c1-3-18-20-8-10-22(18)14-19(24)23-9-4-5-17(13-23)11-16-7-6-15(2)21-12-16/h6-8,10,12,17H,3-5,9,11,13-14H2,1-2H3. The van der Waals surface area contributed by atoms with E-state index >= 15 is 0 Å². The van der Waals surface area contributed by atoms with Crippen LogP contribution < -0.4 is 0 Å². The quantitative estimate of drug-likeness (QED) is 0.849. The highest BCUT2D eigenvalue weighted by atomic mass is 16.2. The van der Waals surface area contributed by atoms with Crippen LogP contribution in [-0.2, 0) is 24.2 Å². The van der Waals surface area contributed by atoms with Gasteiger partial charge in [-0.15, -0.1) is 0 Å². The molecule has 1 aliphatic rings. The Hall–Kier alpha value is -2.17. The summed E-state index contributed by atoms with van der Waals surface area (Å²) < 4.78 is 1.97. The fourth-order valence-electron chi connectivity index (χ4n) is 3.45. The third kappa shape index (κ3) is 4.02. The van der Waals surface area contributed by atoms with Gasteiger partial charge >= 0.3 is 0 Å². The number of imidazole rings is 1. The summed E-state index contributed by atoms with van der Waals surface area (Å²) in [5.74, 6) is 1.71. The molecule has 2 aromatic rings. The number of piperidine rings is 1. The Bertz CT molecular complexity index is 677. The van der Waals surface area contributed by atoms with Crippen molar-refractivity contribution in [2.24, 2.45) is 5.92 Å². The fraction of sp³-hybridized carbons (Fsp3) is 0.526. The lowest BCUT2D eigenvalue weighted by molar-refractivity contribution is -0.133. The van der Waals surface area contributed by atoms with Crippen LogP contribution in [0.2, 0.25) is 0 Å². The number of hydrogen-bond acceptors (Lipinski definition) is 3. The van der Waals surface area contributed by atoms with E-state index in [0.29, 0.717) is 12.5 Å². The van der Waals surface area contributed by atoms with E-state index < -0.39 is 0 Å². The number of carbonyl (C=O) groups is 1. The van der Waals surface area contributed by atoms with Gasteiger partial charge < -0.3 is 9.47 Å². The minimum Gasteiger partial charge on any atom is -0.341 e. The molecule has 1 amide bonds. The van der Waals surface area contributed by atoms with Gasteiger partial charge in [0, 0.05) is 43.8 Å². The molecule has 2 aromatic heterocycles. The molecular weight excluding hydrogens is 300 g/mol. The van der Waals surface area contributed by atoms with Gasteiger partial charge in [0.2, 0.25) is 5.91 Å². The first-order chi connectivity index (χ1) is 11.7. The highest BCUT2D eigenvalue weighted by Crippen LogP contribution is 2.21. The van der Waals surface area contributed by atoms with Crippen LogP contribution in [0.15, 0.2) is 30.7 Å². The van der Waals surface area contributed by atoms with Gasteiger partial charge in [-0.2, -0.15) is 0 Å². The Balaban J connectivity index is 1.58. The second kappa shape index (κ2) is 7.60. The number of likely N-dealkylation sites (tertiary alicyclic amines) is 1. The van der Waals surface area contributed by atoms with Gasteiger partial charge in [-0.25, -0.2) is 4.98 Å². The number of rotatable bonds is 5. The number of amides is 1. The van der Waals surface area contributed by atoms with Gasteiger partial charge in [0.25, 0.3) is 0 Å². The highest BCUT2D eigenvalue weighted by molar-refractivity contribution is 5.76. The monoisotopic (exact) mass is 326 g/mol. The smallest absolute Gasteiger partial charge is 0.242 e. The summed E-state index contributed by atoms with van der Waals surface area (Å²) in [6.45, 7) is 6.20. The number of hydrogen-bond donors (Lipinski definition) is 0. The van der Waals surface area contributed by atoms with E-state index in [1.807, 2.05) is 28.8 Å². The number of aromatic nitrogens is 3. The summed E-state index contributed by atoms with van der Waals surface area (Å²) in [5, 5.41) is 0. The number of aryl methyl sites for hydroxylation is 2. The zero-order chi connectivity index (χ0) is 16.9. The maximum Gasteiger partial charge on any atom is 0.242 e. The molecule has 0 aliphatic carbocycles. The Morgan fingerprint density at radius 3 is 2.96 bits per heavy atom. The molecule has 0 N–H and O–H groups in total. The summed E-state index contributed by atoms with van der Waals surface area (Å²) in [6, 6.07) is 4.22. The number of carbonyl (C=O) groups excluding carboxylic acids is 1. The molecule has 0 saturated carbocycles. The van der Waals surface area contributed by atoms with Gasteiger partial charge in [0.15, 0.2) is 0 Å². The zero-order valence-electron chi connectivity index (χ0n) is 14.6. The first-order valence-electron chi connectivity index (χ1n) is 8.85. The molecule has 3 heterocycles. The molecule has 1 saturated heterocycles. The molecule has 1 fully saturated rings. The Morgan fingerprint density at radius 2 is 2.21 bits per heavy atom. The molecule has 0 spiro atoms. The van der Waals surface area contributed by atoms with E-state index in [0.717, 1.165) is 43.9 Å². The molecule has 5 heteroatoms. The molecule has 1 aliphatic heterocycles. The average molecular weight is 326 g/mol. The van der Waals surface area contributed by atoms with Crippen molar-refractivity contribution in [3.8, 4) is 0 Å². The van der Waals surface area contributed by atoms with Crippen LogP contribution in [0.1, 0.15) is 36.8 Å². The van der Waals surface area contributed by atoms with Crippen LogP contribution in [0, 0.1) is 12.8 Å². The predicted octanol–water partition coefficient (Wildman–Crippen LogP) is 2.63. The topological polar surface area (TPSA) is 51.0 Å². The average Bonchev–Trinajstić information content (AvgIpc) is 3.04. The van der Waals surface area contributed by atoms with Crippen LogP contribution in [0.25, 0.3) is 0 Å². The summed E-state index contributed by atoms with van der Waals surface area (Å²) >= 11 is 0. The molecule has 1 unspecified atom stereocenters. The zero-order valence-corrected chi connectivity index (χ0v) is 14.6. The van der Waals surface area contributed by atoms with Crippen molar-refractivity contribution in [2.75, 3.05) is 13.1 Å². The van der Waals surface area contributed by atoms with Crippen molar-refractivity contribution < 1.29 is 4.79 Å². The highest BCUT2D eigenvalue weighted by Gasteiger charge is 2.24. The second-order valence-corrected chi connectivity index (χ2v) is 6.68. The van der Waals surface area contributed by atoms with Crippen LogP contribution in [0.3, 0.4) is 0 Å². The third-order valence-corrected chi connectivity index (χ3v) is 4.79. The van der Waals surface area contributed by atoms with E-state index in [1.165, 1.54) is 12.0 Å². The minimum atomic E-state index is 0.203. The Kier molecular flexibility index (Phi) is 5.28.